The minimum absolute atomic E-state index is 0.0770. The molecule has 0 bridgehead atoms. The largest absolute Gasteiger partial charge is 0.462 e. The van der Waals surface area contributed by atoms with E-state index < -0.39 is 0 Å². The molecule has 3 rings (SSSR count). The van der Waals surface area contributed by atoms with Gasteiger partial charge in [-0.1, -0.05) is 19.3 Å². The third-order valence-corrected chi connectivity index (χ3v) is 4.50. The number of hydrogen-bond donors (Lipinski definition) is 1. The lowest BCUT2D eigenvalue weighted by molar-refractivity contribution is -0.121. The number of nitrogens with one attached hydrogen (secondary N) is 1. The fourth-order valence-corrected chi connectivity index (χ4v) is 3.38. The maximum absolute atomic E-state index is 12.0. The molecule has 1 amide bonds. The summed E-state index contributed by atoms with van der Waals surface area (Å²) in [4.78, 5) is 16.5. The van der Waals surface area contributed by atoms with E-state index >= 15 is 0 Å². The molecule has 0 unspecified atom stereocenters. The van der Waals surface area contributed by atoms with Crippen molar-refractivity contribution in [1.29, 1.82) is 0 Å². The van der Waals surface area contributed by atoms with Crippen molar-refractivity contribution in [2.24, 2.45) is 0 Å². The normalized spacial score (nSPS) is 16.2. The number of hydrogen-bond acceptors (Lipinski definition) is 4. The highest BCUT2D eigenvalue weighted by Gasteiger charge is 2.17. The van der Waals surface area contributed by atoms with Crippen LogP contribution in [0, 0.1) is 0 Å². The van der Waals surface area contributed by atoms with E-state index in [0.29, 0.717) is 12.5 Å². The fraction of sp³-hybridized carbons (Fsp3) is 0.467. The summed E-state index contributed by atoms with van der Waals surface area (Å²) in [5.74, 6) is 0.835. The number of carbonyl (C=O) groups is 1. The molecule has 20 heavy (non-hydrogen) atoms. The van der Waals surface area contributed by atoms with Gasteiger partial charge in [0.05, 0.1) is 18.4 Å². The summed E-state index contributed by atoms with van der Waals surface area (Å²) in [6.45, 7) is 0. The van der Waals surface area contributed by atoms with Crippen molar-refractivity contribution >= 4 is 17.2 Å². The summed E-state index contributed by atoms with van der Waals surface area (Å²) in [5, 5.41) is 5.87. The minimum atomic E-state index is 0.0770. The van der Waals surface area contributed by atoms with Crippen LogP contribution < -0.4 is 5.32 Å². The van der Waals surface area contributed by atoms with Gasteiger partial charge >= 0.3 is 0 Å². The van der Waals surface area contributed by atoms with E-state index in [4.69, 9.17) is 4.42 Å². The van der Waals surface area contributed by atoms with Gasteiger partial charge in [-0.25, -0.2) is 4.98 Å². The van der Waals surface area contributed by atoms with Crippen molar-refractivity contribution in [2.45, 2.75) is 44.6 Å². The van der Waals surface area contributed by atoms with Gasteiger partial charge in [0.1, 0.15) is 0 Å². The maximum Gasteiger partial charge on any atom is 0.226 e. The molecule has 2 heterocycles. The average Bonchev–Trinajstić information content (AvgIpc) is 3.10. The van der Waals surface area contributed by atoms with Gasteiger partial charge in [-0.15, -0.1) is 11.3 Å². The monoisotopic (exact) mass is 290 g/mol. The Morgan fingerprint density at radius 2 is 2.25 bits per heavy atom. The maximum atomic E-state index is 12.0. The molecule has 1 fully saturated rings. The Labute approximate surface area is 122 Å². The predicted molar refractivity (Wildman–Crippen MR) is 78.5 cm³/mol. The first kappa shape index (κ1) is 13.4. The van der Waals surface area contributed by atoms with Gasteiger partial charge in [0.15, 0.2) is 10.8 Å². The number of amides is 1. The zero-order chi connectivity index (χ0) is 13.8. The lowest BCUT2D eigenvalue weighted by Crippen LogP contribution is -2.37. The van der Waals surface area contributed by atoms with Crippen molar-refractivity contribution < 1.29 is 9.21 Å². The van der Waals surface area contributed by atoms with Crippen molar-refractivity contribution in [3.05, 3.63) is 29.5 Å². The average molecular weight is 290 g/mol. The molecule has 0 aromatic carbocycles. The fourth-order valence-electron chi connectivity index (χ4n) is 2.59. The lowest BCUT2D eigenvalue weighted by Gasteiger charge is -2.22. The number of nitrogens with zero attached hydrogens (tertiary/aromatic N) is 1. The van der Waals surface area contributed by atoms with Crippen LogP contribution >= 0.6 is 11.3 Å². The highest BCUT2D eigenvalue weighted by Crippen LogP contribution is 2.24. The summed E-state index contributed by atoms with van der Waals surface area (Å²) in [5.41, 5.74) is 0.815. The van der Waals surface area contributed by atoms with Crippen LogP contribution in [-0.2, 0) is 11.2 Å². The van der Waals surface area contributed by atoms with Crippen LogP contribution in [-0.4, -0.2) is 16.9 Å². The van der Waals surface area contributed by atoms with Crippen LogP contribution in [0.25, 0.3) is 10.8 Å². The Kier molecular flexibility index (Phi) is 4.16. The van der Waals surface area contributed by atoms with Crippen LogP contribution in [0.4, 0.5) is 0 Å². The standard InChI is InChI=1S/C15H18N2O2S/c18-14(16-11-5-2-1-3-6-11)9-12-10-20-15(17-12)13-7-4-8-19-13/h4,7-8,10-11H,1-3,5-6,9H2,(H,16,18). The SMILES string of the molecule is O=C(Cc1csc(-c2ccco2)n1)NC1CCCCC1. The van der Waals surface area contributed by atoms with Gasteiger partial charge in [-0.05, 0) is 25.0 Å². The van der Waals surface area contributed by atoms with E-state index in [1.165, 1.54) is 30.6 Å². The van der Waals surface area contributed by atoms with Crippen LogP contribution in [0.2, 0.25) is 0 Å². The van der Waals surface area contributed by atoms with Crippen LogP contribution in [0.1, 0.15) is 37.8 Å². The predicted octanol–water partition coefficient (Wildman–Crippen LogP) is 3.39. The molecule has 0 saturated heterocycles. The van der Waals surface area contributed by atoms with E-state index in [-0.39, 0.29) is 5.91 Å². The molecular weight excluding hydrogens is 272 g/mol. The van der Waals surface area contributed by atoms with E-state index in [1.54, 1.807) is 6.26 Å². The topological polar surface area (TPSA) is 55.1 Å². The molecule has 4 nitrogen and oxygen atoms in total. The van der Waals surface area contributed by atoms with Gasteiger partial charge in [-0.3, -0.25) is 4.79 Å². The Bertz CT molecular complexity index is 556. The van der Waals surface area contributed by atoms with Gasteiger partial charge < -0.3 is 9.73 Å². The van der Waals surface area contributed by atoms with Gasteiger partial charge in [0.2, 0.25) is 5.91 Å². The first-order valence-corrected chi connectivity index (χ1v) is 7.97. The molecule has 2 aromatic heterocycles. The number of aromatic nitrogens is 1. The second-order valence-electron chi connectivity index (χ2n) is 5.20. The number of carbonyl (C=O) groups excluding carboxylic acids is 1. The molecule has 0 aliphatic heterocycles. The van der Waals surface area contributed by atoms with Crippen molar-refractivity contribution in [3.8, 4) is 10.8 Å². The van der Waals surface area contributed by atoms with Crippen LogP contribution in [0.15, 0.2) is 28.2 Å². The first-order chi connectivity index (χ1) is 9.81. The Hall–Kier alpha value is -1.62. The summed E-state index contributed by atoms with van der Waals surface area (Å²) in [7, 11) is 0. The van der Waals surface area contributed by atoms with Crippen molar-refractivity contribution in [3.63, 3.8) is 0 Å². The molecule has 0 spiro atoms. The van der Waals surface area contributed by atoms with E-state index in [0.717, 1.165) is 29.3 Å². The zero-order valence-corrected chi connectivity index (χ0v) is 12.1. The highest BCUT2D eigenvalue weighted by atomic mass is 32.1. The summed E-state index contributed by atoms with van der Waals surface area (Å²) < 4.78 is 5.31. The molecule has 5 heteroatoms. The highest BCUT2D eigenvalue weighted by molar-refractivity contribution is 7.13. The van der Waals surface area contributed by atoms with E-state index in [2.05, 4.69) is 10.3 Å². The summed E-state index contributed by atoms with van der Waals surface area (Å²) >= 11 is 1.51. The van der Waals surface area contributed by atoms with Crippen LogP contribution in [0.5, 0.6) is 0 Å². The summed E-state index contributed by atoms with van der Waals surface area (Å²) in [6.07, 6.45) is 7.96. The molecule has 0 atom stereocenters. The molecule has 1 aliphatic rings. The Morgan fingerprint density at radius 1 is 1.40 bits per heavy atom. The summed E-state index contributed by atoms with van der Waals surface area (Å²) in [6, 6.07) is 4.08. The lowest BCUT2D eigenvalue weighted by atomic mass is 9.95. The second-order valence-corrected chi connectivity index (χ2v) is 6.06. The quantitative estimate of drug-likeness (QED) is 0.939. The van der Waals surface area contributed by atoms with Crippen molar-refractivity contribution in [2.75, 3.05) is 0 Å². The first-order valence-electron chi connectivity index (χ1n) is 7.09. The molecule has 2 aromatic rings. The number of furan rings is 1. The molecular formula is C15H18N2O2S. The van der Waals surface area contributed by atoms with E-state index in [1.807, 2.05) is 17.5 Å². The molecule has 1 saturated carbocycles. The van der Waals surface area contributed by atoms with Crippen molar-refractivity contribution in [1.82, 2.24) is 10.3 Å². The molecule has 0 radical (unpaired) electrons. The second kappa shape index (κ2) is 6.22. The van der Waals surface area contributed by atoms with Gasteiger partial charge in [0, 0.05) is 11.4 Å². The zero-order valence-electron chi connectivity index (χ0n) is 11.3. The molecule has 1 aliphatic carbocycles. The molecule has 1 N–H and O–H groups in total. The Morgan fingerprint density at radius 3 is 3.00 bits per heavy atom. The third-order valence-electron chi connectivity index (χ3n) is 3.60. The minimum Gasteiger partial charge on any atom is -0.462 e. The van der Waals surface area contributed by atoms with Gasteiger partial charge in [0.25, 0.3) is 0 Å². The number of thiazole rings is 1. The van der Waals surface area contributed by atoms with Crippen LogP contribution in [0.3, 0.4) is 0 Å². The smallest absolute Gasteiger partial charge is 0.226 e. The van der Waals surface area contributed by atoms with E-state index in [9.17, 15) is 4.79 Å². The number of rotatable bonds is 4. The Balaban J connectivity index is 1.56. The third kappa shape index (κ3) is 3.28. The van der Waals surface area contributed by atoms with Gasteiger partial charge in [-0.2, -0.15) is 0 Å². The molecule has 106 valence electrons.